The fourth-order valence-corrected chi connectivity index (χ4v) is 2.50. The van der Waals surface area contributed by atoms with Crippen LogP contribution in [0.25, 0.3) is 6.08 Å². The normalized spacial score (nSPS) is 18.3. The first-order valence-electron chi connectivity index (χ1n) is 7.00. The Morgan fingerprint density at radius 1 is 1.37 bits per heavy atom. The van der Waals surface area contributed by atoms with Gasteiger partial charge in [0, 0.05) is 0 Å². The molecular formula is C16H20N2O. The lowest BCUT2D eigenvalue weighted by Gasteiger charge is -2.17. The number of nitriles is 1. The number of pyridine rings is 1. The van der Waals surface area contributed by atoms with E-state index in [0.29, 0.717) is 11.6 Å². The van der Waals surface area contributed by atoms with Crippen molar-refractivity contribution in [3.8, 4) is 6.07 Å². The van der Waals surface area contributed by atoms with Gasteiger partial charge in [-0.3, -0.25) is 4.98 Å². The average Bonchev–Trinajstić information content (AvgIpc) is 2.47. The van der Waals surface area contributed by atoms with Crippen LogP contribution in [0.2, 0.25) is 0 Å². The van der Waals surface area contributed by atoms with Crippen LogP contribution in [0.15, 0.2) is 24.3 Å². The molecular weight excluding hydrogens is 236 g/mol. The summed E-state index contributed by atoms with van der Waals surface area (Å²) < 4.78 is 0. The average molecular weight is 256 g/mol. The third-order valence-electron chi connectivity index (χ3n) is 3.61. The molecule has 3 nitrogen and oxygen atoms in total. The minimum absolute atomic E-state index is 0.0861. The van der Waals surface area contributed by atoms with Crippen molar-refractivity contribution in [3.05, 3.63) is 35.7 Å². The van der Waals surface area contributed by atoms with Crippen LogP contribution in [0.1, 0.15) is 56.0 Å². The zero-order valence-electron chi connectivity index (χ0n) is 11.1. The standard InChI is InChI=1S/C16H20N2O/c17-12-11-16(19)15-8-4-7-14(18-15)10-9-13-5-2-1-3-6-13/h4,7-10,13,16,19H,1-3,5-6,11H2/b10-9+. The predicted molar refractivity (Wildman–Crippen MR) is 75.0 cm³/mol. The Balaban J connectivity index is 2.02. The Hall–Kier alpha value is -1.66. The molecule has 1 aromatic rings. The van der Waals surface area contributed by atoms with Gasteiger partial charge in [-0.2, -0.15) is 5.26 Å². The summed E-state index contributed by atoms with van der Waals surface area (Å²) in [5, 5.41) is 18.3. The third kappa shape index (κ3) is 4.18. The van der Waals surface area contributed by atoms with Crippen molar-refractivity contribution in [1.29, 1.82) is 5.26 Å². The zero-order valence-corrected chi connectivity index (χ0v) is 11.1. The second-order valence-electron chi connectivity index (χ2n) is 5.12. The molecule has 0 radical (unpaired) electrons. The second-order valence-corrected chi connectivity index (χ2v) is 5.12. The van der Waals surface area contributed by atoms with Gasteiger partial charge in [0.1, 0.15) is 6.10 Å². The summed E-state index contributed by atoms with van der Waals surface area (Å²) in [5.74, 6) is 0.670. The van der Waals surface area contributed by atoms with E-state index in [0.717, 1.165) is 5.69 Å². The highest BCUT2D eigenvalue weighted by Gasteiger charge is 2.10. The van der Waals surface area contributed by atoms with Crippen LogP contribution in [0.3, 0.4) is 0 Å². The van der Waals surface area contributed by atoms with Crippen LogP contribution in [0, 0.1) is 17.2 Å². The molecule has 3 heteroatoms. The number of nitrogens with zero attached hydrogens (tertiary/aromatic N) is 2. The van der Waals surface area contributed by atoms with Crippen molar-refractivity contribution in [2.24, 2.45) is 5.92 Å². The maximum atomic E-state index is 9.75. The molecule has 0 amide bonds. The first kappa shape index (κ1) is 13.8. The van der Waals surface area contributed by atoms with E-state index < -0.39 is 6.10 Å². The summed E-state index contributed by atoms with van der Waals surface area (Å²) in [7, 11) is 0. The second kappa shape index (κ2) is 7.06. The summed E-state index contributed by atoms with van der Waals surface area (Å²) in [4.78, 5) is 4.39. The molecule has 1 unspecified atom stereocenters. The van der Waals surface area contributed by atoms with Crippen LogP contribution in [0.5, 0.6) is 0 Å². The first-order chi connectivity index (χ1) is 9.29. The Labute approximate surface area is 114 Å². The smallest absolute Gasteiger partial charge is 0.109 e. The van der Waals surface area contributed by atoms with Gasteiger partial charge in [0.25, 0.3) is 0 Å². The molecule has 1 heterocycles. The van der Waals surface area contributed by atoms with Gasteiger partial charge in [-0.1, -0.05) is 31.4 Å². The molecule has 2 rings (SSSR count). The lowest BCUT2D eigenvalue weighted by molar-refractivity contribution is 0.178. The molecule has 0 saturated heterocycles. The minimum Gasteiger partial charge on any atom is -0.386 e. The van der Waals surface area contributed by atoms with E-state index in [1.807, 2.05) is 24.3 Å². The summed E-state index contributed by atoms with van der Waals surface area (Å²) >= 11 is 0. The molecule has 0 bridgehead atoms. The topological polar surface area (TPSA) is 56.9 Å². The van der Waals surface area contributed by atoms with Gasteiger partial charge < -0.3 is 5.11 Å². The van der Waals surface area contributed by atoms with Crippen LogP contribution in [-0.4, -0.2) is 10.1 Å². The fourth-order valence-electron chi connectivity index (χ4n) is 2.50. The number of aliphatic hydroxyl groups is 1. The summed E-state index contributed by atoms with van der Waals surface area (Å²) in [6.45, 7) is 0. The quantitative estimate of drug-likeness (QED) is 0.895. The number of rotatable bonds is 4. The fraction of sp³-hybridized carbons (Fsp3) is 0.500. The van der Waals surface area contributed by atoms with Gasteiger partial charge in [-0.15, -0.1) is 0 Å². The van der Waals surface area contributed by atoms with Crippen molar-refractivity contribution in [3.63, 3.8) is 0 Å². The highest BCUT2D eigenvalue weighted by atomic mass is 16.3. The number of allylic oxidation sites excluding steroid dienone is 1. The molecule has 1 fully saturated rings. The highest BCUT2D eigenvalue weighted by molar-refractivity contribution is 5.45. The summed E-state index contributed by atoms with van der Waals surface area (Å²) in [5.41, 5.74) is 1.44. The van der Waals surface area contributed by atoms with Crippen molar-refractivity contribution in [2.45, 2.75) is 44.6 Å². The van der Waals surface area contributed by atoms with E-state index >= 15 is 0 Å². The van der Waals surface area contributed by atoms with Crippen molar-refractivity contribution < 1.29 is 5.11 Å². The van der Waals surface area contributed by atoms with Crippen LogP contribution < -0.4 is 0 Å². The number of hydrogen-bond acceptors (Lipinski definition) is 3. The molecule has 19 heavy (non-hydrogen) atoms. The molecule has 1 saturated carbocycles. The van der Waals surface area contributed by atoms with Gasteiger partial charge in [0.15, 0.2) is 0 Å². The van der Waals surface area contributed by atoms with Crippen LogP contribution in [0.4, 0.5) is 0 Å². The molecule has 1 aliphatic carbocycles. The molecule has 0 spiro atoms. The SMILES string of the molecule is N#CCC(O)c1cccc(/C=C/C2CCCCC2)n1. The van der Waals surface area contributed by atoms with E-state index in [4.69, 9.17) is 5.26 Å². The van der Waals surface area contributed by atoms with Crippen molar-refractivity contribution in [1.82, 2.24) is 4.98 Å². The Morgan fingerprint density at radius 2 is 2.16 bits per heavy atom. The van der Waals surface area contributed by atoms with Gasteiger partial charge in [-0.05, 0) is 37.0 Å². The third-order valence-corrected chi connectivity index (χ3v) is 3.61. The zero-order chi connectivity index (χ0) is 13.5. The van der Waals surface area contributed by atoms with Gasteiger partial charge in [0.2, 0.25) is 0 Å². The predicted octanol–water partition coefficient (Wildman–Crippen LogP) is 3.62. The van der Waals surface area contributed by atoms with Gasteiger partial charge >= 0.3 is 0 Å². The van der Waals surface area contributed by atoms with Gasteiger partial charge in [-0.25, -0.2) is 0 Å². The monoisotopic (exact) mass is 256 g/mol. The molecule has 1 aromatic heterocycles. The molecule has 0 aromatic carbocycles. The van der Waals surface area contributed by atoms with Crippen molar-refractivity contribution >= 4 is 6.08 Å². The molecule has 1 N–H and O–H groups in total. The molecule has 1 atom stereocenters. The van der Waals surface area contributed by atoms with E-state index in [9.17, 15) is 5.11 Å². The largest absolute Gasteiger partial charge is 0.386 e. The van der Waals surface area contributed by atoms with Crippen molar-refractivity contribution in [2.75, 3.05) is 0 Å². The molecule has 0 aliphatic heterocycles. The maximum absolute atomic E-state index is 9.75. The molecule has 1 aliphatic rings. The van der Waals surface area contributed by atoms with E-state index in [1.54, 1.807) is 6.07 Å². The van der Waals surface area contributed by atoms with E-state index in [-0.39, 0.29) is 6.42 Å². The van der Waals surface area contributed by atoms with Crippen LogP contribution >= 0.6 is 0 Å². The van der Waals surface area contributed by atoms with E-state index in [2.05, 4.69) is 11.1 Å². The molecule has 100 valence electrons. The number of aromatic nitrogens is 1. The Morgan fingerprint density at radius 3 is 2.89 bits per heavy atom. The maximum Gasteiger partial charge on any atom is 0.109 e. The lowest BCUT2D eigenvalue weighted by Crippen LogP contribution is -2.03. The Bertz CT molecular complexity index is 470. The Kier molecular flexibility index (Phi) is 5.11. The first-order valence-corrected chi connectivity index (χ1v) is 7.00. The highest BCUT2D eigenvalue weighted by Crippen LogP contribution is 2.25. The minimum atomic E-state index is -0.784. The lowest BCUT2D eigenvalue weighted by atomic mass is 9.89. The van der Waals surface area contributed by atoms with E-state index in [1.165, 1.54) is 32.1 Å². The summed E-state index contributed by atoms with van der Waals surface area (Å²) in [6, 6.07) is 7.54. The number of aliphatic hydroxyl groups excluding tert-OH is 1. The number of hydrogen-bond donors (Lipinski definition) is 1. The van der Waals surface area contributed by atoms with Crippen LogP contribution in [-0.2, 0) is 0 Å². The van der Waals surface area contributed by atoms with Gasteiger partial charge in [0.05, 0.1) is 23.9 Å². The summed E-state index contributed by atoms with van der Waals surface area (Å²) in [6.07, 6.45) is 10.1.